The van der Waals surface area contributed by atoms with Gasteiger partial charge in [-0.25, -0.2) is 4.39 Å². The lowest BCUT2D eigenvalue weighted by Gasteiger charge is -2.39. The van der Waals surface area contributed by atoms with E-state index in [0.717, 1.165) is 13.1 Å². The quantitative estimate of drug-likeness (QED) is 0.833. The summed E-state index contributed by atoms with van der Waals surface area (Å²) in [5.41, 5.74) is 0.400. The van der Waals surface area contributed by atoms with E-state index in [4.69, 9.17) is 0 Å². The van der Waals surface area contributed by atoms with Crippen LogP contribution in [0.5, 0.6) is 0 Å². The molecule has 19 heavy (non-hydrogen) atoms. The first-order valence-electron chi connectivity index (χ1n) is 6.51. The van der Waals surface area contributed by atoms with E-state index >= 15 is 0 Å². The van der Waals surface area contributed by atoms with Gasteiger partial charge < -0.3 is 4.90 Å². The van der Waals surface area contributed by atoms with Crippen molar-refractivity contribution in [2.45, 2.75) is 19.9 Å². The third-order valence-corrected chi connectivity index (χ3v) is 4.31. The summed E-state index contributed by atoms with van der Waals surface area (Å²) in [6, 6.07) is 4.56. The van der Waals surface area contributed by atoms with Gasteiger partial charge in [0.15, 0.2) is 0 Å². The van der Waals surface area contributed by atoms with Crippen molar-refractivity contribution >= 4 is 21.8 Å². The van der Waals surface area contributed by atoms with Crippen LogP contribution in [0.3, 0.4) is 0 Å². The van der Waals surface area contributed by atoms with Crippen molar-refractivity contribution in [3.63, 3.8) is 0 Å². The Hall–Kier alpha value is -0.940. The minimum absolute atomic E-state index is 0.103. The molecule has 1 saturated heterocycles. The molecule has 0 aliphatic carbocycles. The summed E-state index contributed by atoms with van der Waals surface area (Å²) < 4.78 is 13.9. The Kier molecular flexibility index (Phi) is 4.58. The Morgan fingerprint density at radius 3 is 2.84 bits per heavy atom. The summed E-state index contributed by atoms with van der Waals surface area (Å²) in [6.07, 6.45) is 0. The topological polar surface area (TPSA) is 23.6 Å². The molecule has 1 unspecified atom stereocenters. The summed E-state index contributed by atoms with van der Waals surface area (Å²) in [7, 11) is 0. The molecule has 1 fully saturated rings. The average Bonchev–Trinajstić information content (AvgIpc) is 2.40. The largest absolute Gasteiger partial charge is 0.336 e. The van der Waals surface area contributed by atoms with Crippen LogP contribution in [0.2, 0.25) is 0 Å². The fourth-order valence-corrected chi connectivity index (χ4v) is 2.90. The zero-order chi connectivity index (χ0) is 14.0. The monoisotopic (exact) mass is 328 g/mol. The van der Waals surface area contributed by atoms with Crippen molar-refractivity contribution in [3.8, 4) is 0 Å². The molecule has 0 aromatic heterocycles. The molecule has 1 aromatic rings. The van der Waals surface area contributed by atoms with Gasteiger partial charge in [-0.3, -0.25) is 9.69 Å². The van der Waals surface area contributed by atoms with Crippen LogP contribution in [0.4, 0.5) is 4.39 Å². The number of carbonyl (C=O) groups is 1. The van der Waals surface area contributed by atoms with Gasteiger partial charge in [0.2, 0.25) is 0 Å². The standard InChI is InChI=1S/C14H18BrFN2O/c1-3-17-6-7-18(9-10(17)2)14(19)12-8-11(16)4-5-13(12)15/h4-5,8,10H,3,6-7,9H2,1-2H3. The zero-order valence-corrected chi connectivity index (χ0v) is 12.8. The minimum Gasteiger partial charge on any atom is -0.336 e. The second-order valence-corrected chi connectivity index (χ2v) is 5.71. The molecule has 0 radical (unpaired) electrons. The molecule has 0 saturated carbocycles. The van der Waals surface area contributed by atoms with Crippen molar-refractivity contribution in [2.75, 3.05) is 26.2 Å². The summed E-state index contributed by atoms with van der Waals surface area (Å²) in [5.74, 6) is -0.485. The smallest absolute Gasteiger partial charge is 0.255 e. The number of nitrogens with zero attached hydrogens (tertiary/aromatic N) is 2. The van der Waals surface area contributed by atoms with Gasteiger partial charge in [0.05, 0.1) is 5.56 Å². The van der Waals surface area contributed by atoms with Crippen LogP contribution in [0.25, 0.3) is 0 Å². The fourth-order valence-electron chi connectivity index (χ4n) is 2.48. The van der Waals surface area contributed by atoms with Crippen molar-refractivity contribution in [3.05, 3.63) is 34.1 Å². The average molecular weight is 329 g/mol. The number of piperazine rings is 1. The van der Waals surface area contributed by atoms with Gasteiger partial charge in [-0.15, -0.1) is 0 Å². The van der Waals surface area contributed by atoms with Crippen molar-refractivity contribution < 1.29 is 9.18 Å². The fraction of sp³-hybridized carbons (Fsp3) is 0.500. The zero-order valence-electron chi connectivity index (χ0n) is 11.2. The number of hydrogen-bond acceptors (Lipinski definition) is 2. The molecule has 104 valence electrons. The van der Waals surface area contributed by atoms with Crippen molar-refractivity contribution in [1.82, 2.24) is 9.80 Å². The Morgan fingerprint density at radius 2 is 2.21 bits per heavy atom. The lowest BCUT2D eigenvalue weighted by molar-refractivity contribution is 0.0527. The van der Waals surface area contributed by atoms with E-state index in [0.29, 0.717) is 29.2 Å². The summed E-state index contributed by atoms with van der Waals surface area (Å²) in [5, 5.41) is 0. The Morgan fingerprint density at radius 1 is 1.47 bits per heavy atom. The molecule has 1 aliphatic heterocycles. The molecule has 3 nitrogen and oxygen atoms in total. The molecule has 0 spiro atoms. The van der Waals surface area contributed by atoms with Gasteiger partial charge in [-0.05, 0) is 47.6 Å². The lowest BCUT2D eigenvalue weighted by Crippen LogP contribution is -2.53. The molecule has 1 amide bonds. The molecule has 1 heterocycles. The third kappa shape index (κ3) is 3.15. The van der Waals surface area contributed by atoms with Crippen LogP contribution in [0.15, 0.2) is 22.7 Å². The number of benzene rings is 1. The SMILES string of the molecule is CCN1CCN(C(=O)c2cc(F)ccc2Br)CC1C. The van der Waals surface area contributed by atoms with E-state index in [1.807, 2.05) is 0 Å². The van der Waals surface area contributed by atoms with Gasteiger partial charge in [0.25, 0.3) is 5.91 Å². The van der Waals surface area contributed by atoms with E-state index in [1.54, 1.807) is 11.0 Å². The molecular formula is C14H18BrFN2O. The van der Waals surface area contributed by atoms with Crippen LogP contribution >= 0.6 is 15.9 Å². The first-order valence-corrected chi connectivity index (χ1v) is 7.30. The van der Waals surface area contributed by atoms with Crippen molar-refractivity contribution in [1.29, 1.82) is 0 Å². The Labute approximate surface area is 121 Å². The Bertz CT molecular complexity index is 481. The van der Waals surface area contributed by atoms with Crippen LogP contribution < -0.4 is 0 Å². The predicted octanol–water partition coefficient (Wildman–Crippen LogP) is 2.75. The molecule has 0 bridgehead atoms. The molecule has 5 heteroatoms. The minimum atomic E-state index is -0.383. The second kappa shape index (κ2) is 6.01. The number of amides is 1. The molecule has 2 rings (SSSR count). The third-order valence-electron chi connectivity index (χ3n) is 3.62. The molecule has 1 atom stereocenters. The van der Waals surface area contributed by atoms with Gasteiger partial charge >= 0.3 is 0 Å². The van der Waals surface area contributed by atoms with E-state index in [1.165, 1.54) is 12.1 Å². The predicted molar refractivity (Wildman–Crippen MR) is 76.7 cm³/mol. The lowest BCUT2D eigenvalue weighted by atomic mass is 10.1. The molecule has 0 N–H and O–H groups in total. The Balaban J connectivity index is 2.14. The maximum Gasteiger partial charge on any atom is 0.255 e. The van der Waals surface area contributed by atoms with Crippen LogP contribution in [-0.4, -0.2) is 47.9 Å². The summed E-state index contributed by atoms with van der Waals surface area (Å²) in [6.45, 7) is 7.49. The molecular weight excluding hydrogens is 311 g/mol. The van der Waals surface area contributed by atoms with Gasteiger partial charge in [0.1, 0.15) is 5.82 Å². The van der Waals surface area contributed by atoms with E-state index in [2.05, 4.69) is 34.7 Å². The highest BCUT2D eigenvalue weighted by Crippen LogP contribution is 2.21. The van der Waals surface area contributed by atoms with E-state index in [-0.39, 0.29) is 11.7 Å². The highest BCUT2D eigenvalue weighted by atomic mass is 79.9. The van der Waals surface area contributed by atoms with Gasteiger partial charge in [-0.1, -0.05) is 6.92 Å². The van der Waals surface area contributed by atoms with E-state index in [9.17, 15) is 9.18 Å². The van der Waals surface area contributed by atoms with Gasteiger partial charge in [-0.2, -0.15) is 0 Å². The first kappa shape index (κ1) is 14.5. The number of halogens is 2. The molecule has 1 aromatic carbocycles. The highest BCUT2D eigenvalue weighted by molar-refractivity contribution is 9.10. The maximum absolute atomic E-state index is 13.3. The highest BCUT2D eigenvalue weighted by Gasteiger charge is 2.27. The summed E-state index contributed by atoms with van der Waals surface area (Å²) >= 11 is 3.31. The second-order valence-electron chi connectivity index (χ2n) is 4.85. The van der Waals surface area contributed by atoms with Crippen molar-refractivity contribution in [2.24, 2.45) is 0 Å². The number of hydrogen-bond donors (Lipinski definition) is 0. The van der Waals surface area contributed by atoms with Gasteiger partial charge in [0, 0.05) is 30.1 Å². The maximum atomic E-state index is 13.3. The first-order chi connectivity index (χ1) is 9.02. The van der Waals surface area contributed by atoms with Crippen LogP contribution in [-0.2, 0) is 0 Å². The number of carbonyl (C=O) groups excluding carboxylic acids is 1. The number of rotatable bonds is 2. The number of likely N-dealkylation sites (N-methyl/N-ethyl adjacent to an activating group) is 1. The van der Waals surface area contributed by atoms with E-state index < -0.39 is 0 Å². The summed E-state index contributed by atoms with van der Waals surface area (Å²) in [4.78, 5) is 16.6. The normalized spacial score (nSPS) is 20.6. The van der Waals surface area contributed by atoms with Crippen LogP contribution in [0, 0.1) is 5.82 Å². The molecule has 1 aliphatic rings. The van der Waals surface area contributed by atoms with Crippen LogP contribution in [0.1, 0.15) is 24.2 Å².